The number of anilines is 1. The summed E-state index contributed by atoms with van der Waals surface area (Å²) in [6, 6.07) is 3.64. The van der Waals surface area contributed by atoms with Crippen molar-refractivity contribution in [3.63, 3.8) is 0 Å². The van der Waals surface area contributed by atoms with Crippen LogP contribution < -0.4 is 5.73 Å². The first-order valence-electron chi connectivity index (χ1n) is 5.68. The maximum absolute atomic E-state index is 6.09. The molecule has 0 saturated heterocycles. The van der Waals surface area contributed by atoms with Crippen molar-refractivity contribution in [1.29, 1.82) is 0 Å². The van der Waals surface area contributed by atoms with Crippen LogP contribution in [0.25, 0.3) is 0 Å². The Morgan fingerprint density at radius 1 is 1.24 bits per heavy atom. The SMILES string of the molecule is CC(C)(C)[SiH2]OC(C)(C)c1cc(N)nc(Cl)c1. The fourth-order valence-corrected chi connectivity index (χ4v) is 2.52. The fourth-order valence-electron chi connectivity index (χ4n) is 1.35. The van der Waals surface area contributed by atoms with Crippen LogP contribution in [0.1, 0.15) is 40.2 Å². The van der Waals surface area contributed by atoms with E-state index in [0.29, 0.717) is 11.0 Å². The average molecular weight is 273 g/mol. The largest absolute Gasteiger partial charge is 0.415 e. The van der Waals surface area contributed by atoms with Gasteiger partial charge in [-0.05, 0) is 36.6 Å². The molecule has 0 spiro atoms. The third-order valence-electron chi connectivity index (χ3n) is 2.38. The number of nitrogen functional groups attached to an aromatic ring is 1. The van der Waals surface area contributed by atoms with Crippen LogP contribution in [0, 0.1) is 0 Å². The van der Waals surface area contributed by atoms with Gasteiger partial charge >= 0.3 is 0 Å². The van der Waals surface area contributed by atoms with E-state index in [1.807, 2.05) is 26.0 Å². The van der Waals surface area contributed by atoms with E-state index in [2.05, 4.69) is 25.8 Å². The lowest BCUT2D eigenvalue weighted by atomic mass is 10.00. The van der Waals surface area contributed by atoms with E-state index in [1.165, 1.54) is 0 Å². The van der Waals surface area contributed by atoms with Crippen LogP contribution in [0.4, 0.5) is 5.82 Å². The molecule has 0 aliphatic rings. The molecule has 0 unspecified atom stereocenters. The van der Waals surface area contributed by atoms with Crippen LogP contribution in [-0.4, -0.2) is 14.7 Å². The highest BCUT2D eigenvalue weighted by molar-refractivity contribution is 6.32. The van der Waals surface area contributed by atoms with Gasteiger partial charge in [-0.3, -0.25) is 0 Å². The van der Waals surface area contributed by atoms with Gasteiger partial charge in [0.25, 0.3) is 0 Å². The third kappa shape index (κ3) is 4.65. The van der Waals surface area contributed by atoms with E-state index in [1.54, 1.807) is 0 Å². The second-order valence-corrected chi connectivity index (χ2v) is 9.05. The zero-order valence-corrected chi connectivity index (χ0v) is 13.3. The number of halogens is 1. The second kappa shape index (κ2) is 4.96. The monoisotopic (exact) mass is 272 g/mol. The zero-order chi connectivity index (χ0) is 13.3. The lowest BCUT2D eigenvalue weighted by Crippen LogP contribution is -2.27. The number of aromatic nitrogens is 1. The van der Waals surface area contributed by atoms with Gasteiger partial charge in [0.2, 0.25) is 0 Å². The molecule has 0 aliphatic carbocycles. The Morgan fingerprint density at radius 2 is 1.82 bits per heavy atom. The minimum Gasteiger partial charge on any atom is -0.415 e. The molecule has 1 aromatic rings. The summed E-state index contributed by atoms with van der Waals surface area (Å²) in [5, 5.41) is 0.675. The topological polar surface area (TPSA) is 48.1 Å². The standard InChI is InChI=1S/C12H21ClN2OSi/c1-11(2,3)17-16-12(4,5)8-6-9(13)15-10(14)7-8/h6-7H,17H2,1-5H3,(H2,14,15). The van der Waals surface area contributed by atoms with Crippen molar-refractivity contribution in [2.24, 2.45) is 0 Å². The van der Waals surface area contributed by atoms with E-state index in [0.717, 1.165) is 5.56 Å². The van der Waals surface area contributed by atoms with Gasteiger partial charge in [-0.25, -0.2) is 4.98 Å². The summed E-state index contributed by atoms with van der Waals surface area (Å²) in [5.41, 5.74) is 6.32. The van der Waals surface area contributed by atoms with E-state index in [4.69, 9.17) is 21.8 Å². The Balaban J connectivity index is 2.88. The maximum Gasteiger partial charge on any atom is 0.168 e. The second-order valence-electron chi connectivity index (χ2n) is 5.96. The summed E-state index contributed by atoms with van der Waals surface area (Å²) in [6.45, 7) is 10.7. The van der Waals surface area contributed by atoms with Gasteiger partial charge in [0.1, 0.15) is 11.0 Å². The molecule has 5 heteroatoms. The normalized spacial score (nSPS) is 13.5. The third-order valence-corrected chi connectivity index (χ3v) is 4.30. The van der Waals surface area contributed by atoms with Gasteiger partial charge in [-0.15, -0.1) is 0 Å². The molecule has 0 fully saturated rings. The van der Waals surface area contributed by atoms with Gasteiger partial charge in [0.15, 0.2) is 9.76 Å². The fraction of sp³-hybridized carbons (Fsp3) is 0.583. The van der Waals surface area contributed by atoms with Gasteiger partial charge in [-0.2, -0.15) is 0 Å². The predicted octanol–water partition coefficient (Wildman–Crippen LogP) is 2.87. The van der Waals surface area contributed by atoms with Crippen LogP contribution in [0.5, 0.6) is 0 Å². The predicted molar refractivity (Wildman–Crippen MR) is 76.0 cm³/mol. The summed E-state index contributed by atoms with van der Waals surface area (Å²) in [5.74, 6) is 0.432. The molecule has 0 atom stereocenters. The van der Waals surface area contributed by atoms with Crippen molar-refractivity contribution in [2.75, 3.05) is 5.73 Å². The first-order chi connectivity index (χ1) is 7.60. The Hall–Kier alpha value is -0.583. The molecule has 3 nitrogen and oxygen atoms in total. The molecule has 17 heavy (non-hydrogen) atoms. The summed E-state index contributed by atoms with van der Waals surface area (Å²) < 4.78 is 6.09. The molecule has 0 aliphatic heterocycles. The van der Waals surface area contributed by atoms with E-state index in [9.17, 15) is 0 Å². The molecule has 0 aromatic carbocycles. The average Bonchev–Trinajstić information content (AvgIpc) is 2.12. The van der Waals surface area contributed by atoms with Crippen molar-refractivity contribution in [2.45, 2.75) is 45.3 Å². The van der Waals surface area contributed by atoms with Crippen LogP contribution in [0.3, 0.4) is 0 Å². The van der Waals surface area contributed by atoms with Gasteiger partial charge in [0, 0.05) is 0 Å². The molecule has 1 aromatic heterocycles. The zero-order valence-electron chi connectivity index (χ0n) is 11.2. The first-order valence-corrected chi connectivity index (χ1v) is 7.34. The quantitative estimate of drug-likeness (QED) is 0.680. The van der Waals surface area contributed by atoms with Crippen LogP contribution in [0.15, 0.2) is 12.1 Å². The number of nitrogens with two attached hydrogens (primary N) is 1. The van der Waals surface area contributed by atoms with E-state index in [-0.39, 0.29) is 10.6 Å². The van der Waals surface area contributed by atoms with Crippen molar-refractivity contribution in [3.05, 3.63) is 22.8 Å². The lowest BCUT2D eigenvalue weighted by molar-refractivity contribution is 0.109. The highest BCUT2D eigenvalue weighted by Crippen LogP contribution is 2.30. The highest BCUT2D eigenvalue weighted by atomic mass is 35.5. The van der Waals surface area contributed by atoms with Crippen molar-refractivity contribution in [1.82, 2.24) is 4.98 Å². The molecular formula is C12H21ClN2OSi. The van der Waals surface area contributed by atoms with Crippen LogP contribution >= 0.6 is 11.6 Å². The Kier molecular flexibility index (Phi) is 4.22. The summed E-state index contributed by atoms with van der Waals surface area (Å²) in [4.78, 5) is 3.96. The van der Waals surface area contributed by atoms with Gasteiger partial charge in [-0.1, -0.05) is 32.4 Å². The molecule has 2 N–H and O–H groups in total. The van der Waals surface area contributed by atoms with Crippen LogP contribution in [0.2, 0.25) is 10.2 Å². The molecule has 1 rings (SSSR count). The molecular weight excluding hydrogens is 252 g/mol. The Bertz CT molecular complexity index is 382. The Morgan fingerprint density at radius 3 is 2.29 bits per heavy atom. The molecule has 0 radical (unpaired) electrons. The number of pyridine rings is 1. The summed E-state index contributed by atoms with van der Waals surface area (Å²) >= 11 is 5.91. The maximum atomic E-state index is 6.09. The van der Waals surface area contributed by atoms with E-state index < -0.39 is 9.76 Å². The first kappa shape index (κ1) is 14.5. The molecule has 1 heterocycles. The molecule has 96 valence electrons. The van der Waals surface area contributed by atoms with Crippen LogP contribution in [-0.2, 0) is 10.0 Å². The number of nitrogens with zero attached hydrogens (tertiary/aromatic N) is 1. The minimum atomic E-state index is -0.627. The lowest BCUT2D eigenvalue weighted by Gasteiger charge is -2.30. The van der Waals surface area contributed by atoms with Gasteiger partial charge in [0.05, 0.1) is 5.60 Å². The molecule has 0 saturated carbocycles. The molecule has 0 amide bonds. The highest BCUT2D eigenvalue weighted by Gasteiger charge is 2.25. The van der Waals surface area contributed by atoms with Crippen molar-refractivity contribution < 1.29 is 4.43 Å². The Labute approximate surface area is 111 Å². The smallest absolute Gasteiger partial charge is 0.168 e. The van der Waals surface area contributed by atoms with Gasteiger partial charge < -0.3 is 10.2 Å². The summed E-state index contributed by atoms with van der Waals surface area (Å²) in [6.07, 6.45) is 0. The minimum absolute atomic E-state index is 0.264. The number of rotatable bonds is 3. The number of hydrogen-bond acceptors (Lipinski definition) is 3. The summed E-state index contributed by atoms with van der Waals surface area (Å²) in [7, 11) is -0.627. The molecule has 0 bridgehead atoms. The van der Waals surface area contributed by atoms with Crippen molar-refractivity contribution >= 4 is 27.2 Å². The van der Waals surface area contributed by atoms with Crippen molar-refractivity contribution in [3.8, 4) is 0 Å². The number of hydrogen-bond donors (Lipinski definition) is 1. The van der Waals surface area contributed by atoms with E-state index >= 15 is 0 Å².